The molecule has 1 aliphatic rings. The van der Waals surface area contributed by atoms with Gasteiger partial charge in [-0.05, 0) is 37.1 Å². The first-order valence-electron chi connectivity index (χ1n) is 6.86. The van der Waals surface area contributed by atoms with Gasteiger partial charge in [0.05, 0.1) is 5.41 Å². The van der Waals surface area contributed by atoms with Crippen LogP contribution in [-0.4, -0.2) is 41.6 Å². The lowest BCUT2D eigenvalue weighted by Gasteiger charge is -2.23. The van der Waals surface area contributed by atoms with Gasteiger partial charge in [0.2, 0.25) is 0 Å². The lowest BCUT2D eigenvalue weighted by atomic mass is 9.84. The van der Waals surface area contributed by atoms with Crippen LogP contribution in [-0.2, 0) is 9.59 Å². The van der Waals surface area contributed by atoms with Crippen molar-refractivity contribution in [3.05, 3.63) is 28.7 Å². The molecule has 0 spiro atoms. The van der Waals surface area contributed by atoms with Crippen molar-refractivity contribution < 1.29 is 19.4 Å². The molecule has 5 nitrogen and oxygen atoms in total. The molecule has 1 atom stereocenters. The third kappa shape index (κ3) is 3.56. The van der Waals surface area contributed by atoms with Crippen molar-refractivity contribution in [2.45, 2.75) is 19.8 Å². The average molecular weight is 356 g/mol. The van der Waals surface area contributed by atoms with Crippen molar-refractivity contribution in [3.63, 3.8) is 0 Å². The molecule has 2 rings (SSSR count). The second-order valence-electron chi connectivity index (χ2n) is 5.25. The number of amides is 1. The maximum atomic E-state index is 12.1. The Labute approximate surface area is 132 Å². The van der Waals surface area contributed by atoms with E-state index in [9.17, 15) is 14.7 Å². The third-order valence-electron chi connectivity index (χ3n) is 4.01. The fourth-order valence-corrected chi connectivity index (χ4v) is 2.73. The minimum Gasteiger partial charge on any atom is -0.484 e. The number of nitrogens with zero attached hydrogens (tertiary/aromatic N) is 1. The summed E-state index contributed by atoms with van der Waals surface area (Å²) in [6.45, 7) is 2.52. The summed E-state index contributed by atoms with van der Waals surface area (Å²) in [6.07, 6.45) is 1.03. The molecule has 1 aromatic rings. The van der Waals surface area contributed by atoms with Gasteiger partial charge in [-0.15, -0.1) is 0 Å². The number of hydrogen-bond donors (Lipinski definition) is 1. The lowest BCUT2D eigenvalue weighted by molar-refractivity contribution is -0.148. The summed E-state index contributed by atoms with van der Waals surface area (Å²) in [5.74, 6) is -0.380. The molecule has 1 aliphatic heterocycles. The molecule has 0 bridgehead atoms. The summed E-state index contributed by atoms with van der Waals surface area (Å²) in [5.41, 5.74) is -0.798. The number of ether oxygens (including phenoxy) is 1. The van der Waals surface area contributed by atoms with E-state index in [1.54, 1.807) is 17.0 Å². The Kier molecular flexibility index (Phi) is 4.88. The van der Waals surface area contributed by atoms with Crippen molar-refractivity contribution >= 4 is 27.8 Å². The Hall–Kier alpha value is -1.56. The highest BCUT2D eigenvalue weighted by Crippen LogP contribution is 2.34. The summed E-state index contributed by atoms with van der Waals surface area (Å²) >= 11 is 3.33. The highest BCUT2D eigenvalue weighted by Gasteiger charge is 2.44. The molecule has 114 valence electrons. The van der Waals surface area contributed by atoms with Crippen LogP contribution in [0, 0.1) is 5.41 Å². The number of likely N-dealkylation sites (tertiary alicyclic amines) is 1. The van der Waals surface area contributed by atoms with Crippen molar-refractivity contribution in [2.24, 2.45) is 5.41 Å². The van der Waals surface area contributed by atoms with Crippen molar-refractivity contribution in [1.82, 2.24) is 4.90 Å². The van der Waals surface area contributed by atoms with E-state index in [-0.39, 0.29) is 19.1 Å². The van der Waals surface area contributed by atoms with Crippen LogP contribution in [0.15, 0.2) is 28.7 Å². The van der Waals surface area contributed by atoms with Gasteiger partial charge in [-0.25, -0.2) is 0 Å². The predicted octanol–water partition coefficient (Wildman–Crippen LogP) is 2.54. The smallest absolute Gasteiger partial charge is 0.311 e. The summed E-state index contributed by atoms with van der Waals surface area (Å²) in [5, 5.41) is 9.32. The molecule has 0 aromatic heterocycles. The van der Waals surface area contributed by atoms with E-state index < -0.39 is 11.4 Å². The van der Waals surface area contributed by atoms with E-state index in [1.807, 2.05) is 19.1 Å². The van der Waals surface area contributed by atoms with E-state index in [0.29, 0.717) is 25.1 Å². The van der Waals surface area contributed by atoms with Crippen molar-refractivity contribution in [1.29, 1.82) is 0 Å². The molecule has 0 aliphatic carbocycles. The van der Waals surface area contributed by atoms with E-state index in [0.717, 1.165) is 4.47 Å². The highest BCUT2D eigenvalue weighted by molar-refractivity contribution is 9.10. The van der Waals surface area contributed by atoms with Crippen LogP contribution in [0.3, 0.4) is 0 Å². The average Bonchev–Trinajstić information content (AvgIpc) is 2.92. The van der Waals surface area contributed by atoms with Gasteiger partial charge in [0, 0.05) is 17.6 Å². The normalized spacial score (nSPS) is 21.3. The standard InChI is InChI=1S/C15H18BrNO4/c1-2-15(14(19)20)7-8-17(10-15)13(18)9-21-12-5-3-11(16)4-6-12/h3-6H,2,7-10H2,1H3,(H,19,20). The molecule has 0 saturated carbocycles. The minimum atomic E-state index is -0.825. The maximum absolute atomic E-state index is 12.1. The second-order valence-corrected chi connectivity index (χ2v) is 6.16. The van der Waals surface area contributed by atoms with Gasteiger partial charge in [-0.1, -0.05) is 22.9 Å². The topological polar surface area (TPSA) is 66.8 Å². The Morgan fingerprint density at radius 3 is 2.57 bits per heavy atom. The number of carboxylic acids is 1. The molecule has 1 heterocycles. The SMILES string of the molecule is CCC1(C(=O)O)CCN(C(=O)COc2ccc(Br)cc2)C1. The van der Waals surface area contributed by atoms with Gasteiger partial charge in [-0.3, -0.25) is 9.59 Å². The third-order valence-corrected chi connectivity index (χ3v) is 4.54. The Balaban J connectivity index is 1.90. The van der Waals surface area contributed by atoms with Crippen LogP contribution in [0.25, 0.3) is 0 Å². The number of aliphatic carboxylic acids is 1. The number of carboxylic acid groups (broad SMARTS) is 1. The van der Waals surface area contributed by atoms with E-state index in [4.69, 9.17) is 4.74 Å². The number of carbonyl (C=O) groups is 2. The van der Waals surface area contributed by atoms with Crippen LogP contribution >= 0.6 is 15.9 Å². The van der Waals surface area contributed by atoms with Crippen LogP contribution < -0.4 is 4.74 Å². The predicted molar refractivity (Wildman–Crippen MR) is 81.2 cm³/mol. The number of halogens is 1. The molecule has 1 N–H and O–H groups in total. The van der Waals surface area contributed by atoms with Crippen molar-refractivity contribution in [2.75, 3.05) is 19.7 Å². The number of rotatable bonds is 5. The van der Waals surface area contributed by atoms with Crippen LogP contribution in [0.1, 0.15) is 19.8 Å². The fraction of sp³-hybridized carbons (Fsp3) is 0.467. The fourth-order valence-electron chi connectivity index (χ4n) is 2.47. The molecule has 21 heavy (non-hydrogen) atoms. The Morgan fingerprint density at radius 2 is 2.05 bits per heavy atom. The quantitative estimate of drug-likeness (QED) is 0.881. The van der Waals surface area contributed by atoms with Gasteiger partial charge < -0.3 is 14.7 Å². The number of benzene rings is 1. The first-order valence-corrected chi connectivity index (χ1v) is 7.66. The first kappa shape index (κ1) is 15.8. The minimum absolute atomic E-state index is 0.0684. The van der Waals surface area contributed by atoms with Gasteiger partial charge in [0.25, 0.3) is 5.91 Å². The molecule has 1 amide bonds. The van der Waals surface area contributed by atoms with Crippen molar-refractivity contribution in [3.8, 4) is 5.75 Å². The maximum Gasteiger partial charge on any atom is 0.311 e. The summed E-state index contributed by atoms with van der Waals surface area (Å²) in [6, 6.07) is 7.22. The number of hydrogen-bond acceptors (Lipinski definition) is 3. The van der Waals surface area contributed by atoms with Gasteiger partial charge in [0.15, 0.2) is 6.61 Å². The summed E-state index contributed by atoms with van der Waals surface area (Å²) < 4.78 is 6.38. The Bertz CT molecular complexity index is 531. The van der Waals surface area contributed by atoms with Crippen LogP contribution in [0.4, 0.5) is 0 Å². The lowest BCUT2D eigenvalue weighted by Crippen LogP contribution is -2.38. The molecular weight excluding hydrogens is 338 g/mol. The summed E-state index contributed by atoms with van der Waals surface area (Å²) in [7, 11) is 0. The zero-order chi connectivity index (χ0) is 15.5. The van der Waals surface area contributed by atoms with Crippen LogP contribution in [0.2, 0.25) is 0 Å². The monoisotopic (exact) mass is 355 g/mol. The van der Waals surface area contributed by atoms with E-state index in [1.165, 1.54) is 0 Å². The van der Waals surface area contributed by atoms with Gasteiger partial charge in [-0.2, -0.15) is 0 Å². The first-order chi connectivity index (χ1) is 9.97. The molecule has 6 heteroatoms. The summed E-state index contributed by atoms with van der Waals surface area (Å²) in [4.78, 5) is 25.1. The molecular formula is C15H18BrNO4. The molecule has 1 saturated heterocycles. The van der Waals surface area contributed by atoms with Gasteiger partial charge in [0.1, 0.15) is 5.75 Å². The zero-order valence-corrected chi connectivity index (χ0v) is 13.4. The largest absolute Gasteiger partial charge is 0.484 e. The molecule has 1 fully saturated rings. The molecule has 1 aromatic carbocycles. The van der Waals surface area contributed by atoms with E-state index in [2.05, 4.69) is 15.9 Å². The van der Waals surface area contributed by atoms with Gasteiger partial charge >= 0.3 is 5.97 Å². The molecule has 0 radical (unpaired) electrons. The van der Waals surface area contributed by atoms with Crippen LogP contribution in [0.5, 0.6) is 5.75 Å². The molecule has 1 unspecified atom stereocenters. The number of carbonyl (C=O) groups excluding carboxylic acids is 1. The zero-order valence-electron chi connectivity index (χ0n) is 11.8. The second kappa shape index (κ2) is 6.47. The van der Waals surface area contributed by atoms with E-state index >= 15 is 0 Å². The Morgan fingerprint density at radius 1 is 1.38 bits per heavy atom. The highest BCUT2D eigenvalue weighted by atomic mass is 79.9.